The molecule has 5 aromatic carbocycles. The van der Waals surface area contributed by atoms with Crippen molar-refractivity contribution in [3.8, 4) is 23.0 Å². The van der Waals surface area contributed by atoms with Gasteiger partial charge in [0.15, 0.2) is 0 Å². The van der Waals surface area contributed by atoms with Crippen LogP contribution in [0.3, 0.4) is 0 Å². The number of phenols is 1. The van der Waals surface area contributed by atoms with Crippen LogP contribution >= 0.6 is 11.6 Å². The molecule has 10 nitrogen and oxygen atoms in total. The summed E-state index contributed by atoms with van der Waals surface area (Å²) in [4.78, 5) is 62.2. The summed E-state index contributed by atoms with van der Waals surface area (Å²) in [6.07, 6.45) is 6.15. The molecule has 0 radical (unpaired) electrons. The molecule has 3 fully saturated rings. The number of amides is 4. The van der Waals surface area contributed by atoms with Crippen LogP contribution in [-0.2, 0) is 24.6 Å². The Labute approximate surface area is 352 Å². The van der Waals surface area contributed by atoms with E-state index in [0.717, 1.165) is 16.7 Å². The summed E-state index contributed by atoms with van der Waals surface area (Å²) in [5, 5.41) is 12.1. The molecule has 2 heterocycles. The number of ether oxygens (including phenoxy) is 3. The first-order chi connectivity index (χ1) is 29.1. The lowest BCUT2D eigenvalue weighted by molar-refractivity contribution is -0.127. The second kappa shape index (κ2) is 15.2. The summed E-state index contributed by atoms with van der Waals surface area (Å²) >= 11 is 6.43. The van der Waals surface area contributed by atoms with Gasteiger partial charge < -0.3 is 19.3 Å². The Kier molecular flexibility index (Phi) is 9.83. The quantitative estimate of drug-likeness (QED) is 0.0892. The highest BCUT2D eigenvalue weighted by atomic mass is 35.5. The van der Waals surface area contributed by atoms with Crippen LogP contribution in [0.5, 0.6) is 23.0 Å². The maximum absolute atomic E-state index is 15.5. The summed E-state index contributed by atoms with van der Waals surface area (Å²) in [5.74, 6) is -3.85. The number of allylic oxidation sites excluding steroid dienone is 2. The molecule has 2 saturated heterocycles. The van der Waals surface area contributed by atoms with E-state index in [1.807, 2.05) is 78.9 Å². The van der Waals surface area contributed by atoms with Crippen LogP contribution in [0.25, 0.3) is 12.2 Å². The maximum Gasteiger partial charge on any atom is 0.246 e. The third-order valence-corrected chi connectivity index (χ3v) is 13.0. The Balaban J connectivity index is 1.13. The third-order valence-electron chi connectivity index (χ3n) is 12.8. The van der Waals surface area contributed by atoms with E-state index < -0.39 is 46.8 Å². The van der Waals surface area contributed by atoms with Gasteiger partial charge in [-0.1, -0.05) is 90.0 Å². The fourth-order valence-electron chi connectivity index (χ4n) is 10.1. The number of fused-ring (bicyclic) bond motifs is 4. The van der Waals surface area contributed by atoms with Crippen LogP contribution in [0.2, 0.25) is 5.02 Å². The van der Waals surface area contributed by atoms with Crippen molar-refractivity contribution in [1.29, 1.82) is 0 Å². The van der Waals surface area contributed by atoms with Gasteiger partial charge in [-0.2, -0.15) is 0 Å². The van der Waals surface area contributed by atoms with Crippen LogP contribution in [0.4, 0.5) is 11.4 Å². The van der Waals surface area contributed by atoms with Gasteiger partial charge >= 0.3 is 0 Å². The Morgan fingerprint density at radius 3 is 2.13 bits per heavy atom. The fraction of sp³-hybridized carbons (Fsp3) is 0.224. The van der Waals surface area contributed by atoms with Crippen LogP contribution < -0.4 is 24.0 Å². The first kappa shape index (κ1) is 38.8. The van der Waals surface area contributed by atoms with Gasteiger partial charge in [0.2, 0.25) is 23.6 Å². The standard InChI is InChI=1S/C49H41ClN2O8/c1-58-34-19-23-42(60-3)29(24-34)15-12-28-13-16-32(17-14-28)51-45(54)38-22-21-36-39(43(38)47(51)56)27-40-46(55)52(33-11-7-10-31(50)25-33)48(57)49(40,30-8-5-4-6-9-30)44(36)37-20-18-35(59-2)26-41(37)53/h4-21,23-26,38-40,43-44,53H,22,27H2,1-3H3/t38-,39+,40-,43-,44+,49+/m0/s1. The average Bonchev–Trinajstić information content (AvgIpc) is 3.66. The van der Waals surface area contributed by atoms with Crippen molar-refractivity contribution in [2.75, 3.05) is 31.1 Å². The maximum atomic E-state index is 15.5. The van der Waals surface area contributed by atoms with Crippen molar-refractivity contribution < 1.29 is 38.5 Å². The minimum Gasteiger partial charge on any atom is -0.508 e. The number of halogens is 1. The molecule has 2 aliphatic carbocycles. The lowest BCUT2D eigenvalue weighted by Gasteiger charge is -2.50. The van der Waals surface area contributed by atoms with Crippen molar-refractivity contribution in [3.05, 3.63) is 154 Å². The van der Waals surface area contributed by atoms with Gasteiger partial charge in [0, 0.05) is 28.1 Å². The summed E-state index contributed by atoms with van der Waals surface area (Å²) in [6, 6.07) is 33.5. The van der Waals surface area contributed by atoms with Gasteiger partial charge in [-0.15, -0.1) is 0 Å². The smallest absolute Gasteiger partial charge is 0.246 e. The Morgan fingerprint density at radius 2 is 1.43 bits per heavy atom. The number of carbonyl (C=O) groups excluding carboxylic acids is 4. The number of aromatic hydroxyl groups is 1. The van der Waals surface area contributed by atoms with Crippen molar-refractivity contribution in [2.45, 2.75) is 24.2 Å². The molecule has 9 rings (SSSR count). The normalized spacial score (nSPS) is 24.6. The number of anilines is 2. The topological polar surface area (TPSA) is 123 Å². The Morgan fingerprint density at radius 1 is 0.700 bits per heavy atom. The number of phenolic OH excluding ortho intramolecular Hbond substituents is 1. The van der Waals surface area contributed by atoms with Gasteiger partial charge in [0.25, 0.3) is 0 Å². The highest BCUT2D eigenvalue weighted by Gasteiger charge is 2.70. The molecular weight excluding hydrogens is 780 g/mol. The predicted octanol–water partition coefficient (Wildman–Crippen LogP) is 8.61. The van der Waals surface area contributed by atoms with Gasteiger partial charge in [-0.05, 0) is 84.5 Å². The zero-order chi connectivity index (χ0) is 41.9. The molecule has 0 unspecified atom stereocenters. The third kappa shape index (κ3) is 6.00. The Hall–Kier alpha value is -6.65. The minimum atomic E-state index is -1.52. The first-order valence-corrected chi connectivity index (χ1v) is 20.1. The van der Waals surface area contributed by atoms with Crippen molar-refractivity contribution in [1.82, 2.24) is 0 Å². The molecule has 4 amide bonds. The minimum absolute atomic E-state index is 0.118. The van der Waals surface area contributed by atoms with Gasteiger partial charge in [-0.3, -0.25) is 24.1 Å². The van der Waals surface area contributed by atoms with Crippen LogP contribution in [0.15, 0.2) is 127 Å². The number of benzene rings is 5. The van der Waals surface area contributed by atoms with Crippen molar-refractivity contribution >= 4 is 58.8 Å². The van der Waals surface area contributed by atoms with Gasteiger partial charge in [0.05, 0.1) is 55.9 Å². The number of imide groups is 2. The largest absolute Gasteiger partial charge is 0.508 e. The second-order valence-electron chi connectivity index (χ2n) is 15.6. The monoisotopic (exact) mass is 820 g/mol. The first-order valence-electron chi connectivity index (χ1n) is 19.7. The number of methoxy groups -OCH3 is 3. The van der Waals surface area contributed by atoms with Crippen molar-refractivity contribution in [3.63, 3.8) is 0 Å². The number of nitrogens with zero attached hydrogens (tertiary/aromatic N) is 2. The number of rotatable bonds is 9. The molecule has 60 heavy (non-hydrogen) atoms. The number of carbonyl (C=O) groups is 4. The molecule has 6 atom stereocenters. The van der Waals surface area contributed by atoms with E-state index in [9.17, 15) is 14.7 Å². The van der Waals surface area contributed by atoms with E-state index >= 15 is 9.59 Å². The summed E-state index contributed by atoms with van der Waals surface area (Å²) in [6.45, 7) is 0. The van der Waals surface area contributed by atoms with Gasteiger partial charge in [0.1, 0.15) is 23.0 Å². The average molecular weight is 821 g/mol. The summed E-state index contributed by atoms with van der Waals surface area (Å²) < 4.78 is 16.3. The highest BCUT2D eigenvalue weighted by molar-refractivity contribution is 6.32. The molecule has 1 saturated carbocycles. The van der Waals surface area contributed by atoms with Gasteiger partial charge in [-0.25, -0.2) is 4.90 Å². The summed E-state index contributed by atoms with van der Waals surface area (Å²) in [7, 11) is 4.70. The van der Waals surface area contributed by atoms with E-state index in [-0.39, 0.29) is 30.4 Å². The number of hydrogen-bond donors (Lipinski definition) is 1. The van der Waals surface area contributed by atoms with E-state index in [1.165, 1.54) is 23.0 Å². The summed E-state index contributed by atoms with van der Waals surface area (Å²) in [5.41, 5.74) is 2.66. The molecule has 5 aromatic rings. The van der Waals surface area contributed by atoms with E-state index in [1.54, 1.807) is 62.8 Å². The fourth-order valence-corrected chi connectivity index (χ4v) is 10.3. The molecule has 0 aromatic heterocycles. The second-order valence-corrected chi connectivity index (χ2v) is 16.0. The van der Waals surface area contributed by atoms with E-state index in [0.29, 0.717) is 44.8 Å². The van der Waals surface area contributed by atoms with E-state index in [4.69, 9.17) is 25.8 Å². The van der Waals surface area contributed by atoms with Crippen molar-refractivity contribution in [2.24, 2.45) is 23.7 Å². The molecule has 302 valence electrons. The SMILES string of the molecule is COc1ccc([C@H]2C3=CC[C@@H]4C(=O)N(c5ccc(C=Cc6cc(OC)ccc6OC)cc5)C(=O)[C@@H]4[C@@H]3C[C@H]3C(=O)N(c4cccc(Cl)c4)C(=O)[C@@]23c2ccccc2)c(O)c1. The Bertz CT molecular complexity index is 2620. The zero-order valence-corrected chi connectivity index (χ0v) is 33.8. The molecule has 0 spiro atoms. The zero-order valence-electron chi connectivity index (χ0n) is 33.1. The van der Waals surface area contributed by atoms with E-state index in [2.05, 4.69) is 0 Å². The molecule has 11 heteroatoms. The lowest BCUT2D eigenvalue weighted by Crippen LogP contribution is -2.53. The predicted molar refractivity (Wildman–Crippen MR) is 228 cm³/mol. The molecule has 1 N–H and O–H groups in total. The highest BCUT2D eigenvalue weighted by Crippen LogP contribution is 2.65. The van der Waals surface area contributed by atoms with Crippen LogP contribution in [0.1, 0.15) is 41.0 Å². The molecule has 2 aliphatic heterocycles. The molecular formula is C49H41ClN2O8. The lowest BCUT2D eigenvalue weighted by atomic mass is 9.49. The van der Waals surface area contributed by atoms with Crippen LogP contribution in [-0.4, -0.2) is 50.1 Å². The molecule has 0 bridgehead atoms. The molecule has 4 aliphatic rings. The number of hydrogen-bond acceptors (Lipinski definition) is 8. The van der Waals surface area contributed by atoms with Crippen LogP contribution in [0, 0.1) is 23.7 Å².